The fourth-order valence-corrected chi connectivity index (χ4v) is 2.03. The summed E-state index contributed by atoms with van der Waals surface area (Å²) in [6.07, 6.45) is 5.85. The number of nitrogens with two attached hydrogens (primary N) is 1. The van der Waals surface area contributed by atoms with Gasteiger partial charge >= 0.3 is 0 Å². The van der Waals surface area contributed by atoms with Crippen LogP contribution in [-0.2, 0) is 6.42 Å². The van der Waals surface area contributed by atoms with E-state index in [1.807, 2.05) is 18.2 Å². The lowest BCUT2D eigenvalue weighted by Gasteiger charge is -2.10. The van der Waals surface area contributed by atoms with Crippen molar-refractivity contribution in [2.24, 2.45) is 0 Å². The number of hydrogen-bond donors (Lipinski definition) is 3. The summed E-state index contributed by atoms with van der Waals surface area (Å²) in [5, 5.41) is 12.1. The maximum absolute atomic E-state index is 5.94. The second-order valence-corrected chi connectivity index (χ2v) is 4.23. The van der Waals surface area contributed by atoms with E-state index in [0.29, 0.717) is 0 Å². The highest BCUT2D eigenvalue weighted by Crippen LogP contribution is 2.27. The van der Waals surface area contributed by atoms with Crippen LogP contribution >= 0.6 is 0 Å². The SMILES string of the molecule is Nc1ccc(NCCc2ncn[nH]2)c2ccncc12. The van der Waals surface area contributed by atoms with Crippen LogP contribution in [0.1, 0.15) is 5.82 Å². The third kappa shape index (κ3) is 2.33. The van der Waals surface area contributed by atoms with Gasteiger partial charge in [0.05, 0.1) is 0 Å². The molecule has 0 saturated carbocycles. The summed E-state index contributed by atoms with van der Waals surface area (Å²) in [6.45, 7) is 0.774. The van der Waals surface area contributed by atoms with Crippen molar-refractivity contribution in [3.05, 3.63) is 42.7 Å². The molecule has 0 fully saturated rings. The molecule has 0 aliphatic rings. The standard InChI is InChI=1S/C13H14N6/c14-11-1-2-12(9-3-5-15-7-10(9)11)16-6-4-13-17-8-18-19-13/h1-3,5,7-8,16H,4,6,14H2,(H,17,18,19). The van der Waals surface area contributed by atoms with Crippen molar-refractivity contribution < 1.29 is 0 Å². The highest BCUT2D eigenvalue weighted by molar-refractivity contribution is 6.00. The molecule has 19 heavy (non-hydrogen) atoms. The van der Waals surface area contributed by atoms with Gasteiger partial charge in [-0.25, -0.2) is 4.98 Å². The number of H-pyrrole nitrogens is 1. The number of hydrogen-bond acceptors (Lipinski definition) is 5. The minimum atomic E-state index is 0.740. The van der Waals surface area contributed by atoms with Gasteiger partial charge in [0.1, 0.15) is 12.2 Å². The summed E-state index contributed by atoms with van der Waals surface area (Å²) < 4.78 is 0. The van der Waals surface area contributed by atoms with Crippen molar-refractivity contribution in [2.45, 2.75) is 6.42 Å². The van der Waals surface area contributed by atoms with Crippen molar-refractivity contribution in [3.8, 4) is 0 Å². The largest absolute Gasteiger partial charge is 0.398 e. The minimum Gasteiger partial charge on any atom is -0.398 e. The Bertz CT molecular complexity index is 677. The first-order valence-electron chi connectivity index (χ1n) is 6.05. The maximum Gasteiger partial charge on any atom is 0.137 e. The van der Waals surface area contributed by atoms with Gasteiger partial charge in [-0.05, 0) is 18.2 Å². The van der Waals surface area contributed by atoms with Gasteiger partial charge < -0.3 is 11.1 Å². The number of fused-ring (bicyclic) bond motifs is 1. The lowest BCUT2D eigenvalue weighted by atomic mass is 10.1. The lowest BCUT2D eigenvalue weighted by Crippen LogP contribution is -2.06. The summed E-state index contributed by atoms with van der Waals surface area (Å²) >= 11 is 0. The molecule has 96 valence electrons. The molecular weight excluding hydrogens is 240 g/mol. The van der Waals surface area contributed by atoms with Crippen LogP contribution in [0.5, 0.6) is 0 Å². The predicted octanol–water partition coefficient (Wildman–Crippen LogP) is 1.59. The zero-order valence-corrected chi connectivity index (χ0v) is 10.3. The van der Waals surface area contributed by atoms with Gasteiger partial charge in [-0.2, -0.15) is 5.10 Å². The third-order valence-electron chi connectivity index (χ3n) is 2.99. The van der Waals surface area contributed by atoms with Crippen LogP contribution in [0, 0.1) is 0 Å². The van der Waals surface area contributed by atoms with Crippen molar-refractivity contribution in [2.75, 3.05) is 17.6 Å². The number of nitrogen functional groups attached to an aromatic ring is 1. The highest BCUT2D eigenvalue weighted by Gasteiger charge is 2.04. The number of aromatic nitrogens is 4. The average molecular weight is 254 g/mol. The zero-order chi connectivity index (χ0) is 13.1. The van der Waals surface area contributed by atoms with Gasteiger partial charge in [0, 0.05) is 47.5 Å². The molecule has 0 aliphatic heterocycles. The number of rotatable bonds is 4. The van der Waals surface area contributed by atoms with Crippen LogP contribution in [0.3, 0.4) is 0 Å². The summed E-state index contributed by atoms with van der Waals surface area (Å²) in [6, 6.07) is 5.83. The lowest BCUT2D eigenvalue weighted by molar-refractivity contribution is 0.902. The molecule has 0 spiro atoms. The molecule has 6 nitrogen and oxygen atoms in total. The maximum atomic E-state index is 5.94. The van der Waals surface area contributed by atoms with E-state index in [9.17, 15) is 0 Å². The molecule has 0 amide bonds. The molecule has 0 aliphatic carbocycles. The molecule has 0 saturated heterocycles. The summed E-state index contributed by atoms with van der Waals surface area (Å²) in [7, 11) is 0. The monoisotopic (exact) mass is 254 g/mol. The van der Waals surface area contributed by atoms with E-state index >= 15 is 0 Å². The molecule has 6 heteroatoms. The molecule has 1 aromatic carbocycles. The Morgan fingerprint density at radius 3 is 3.00 bits per heavy atom. The molecule has 2 heterocycles. The van der Waals surface area contributed by atoms with E-state index in [4.69, 9.17) is 5.73 Å². The van der Waals surface area contributed by atoms with Crippen LogP contribution in [0.4, 0.5) is 11.4 Å². The van der Waals surface area contributed by atoms with Gasteiger partial charge in [-0.15, -0.1) is 0 Å². The number of aromatic amines is 1. The van der Waals surface area contributed by atoms with E-state index in [0.717, 1.165) is 40.9 Å². The summed E-state index contributed by atoms with van der Waals surface area (Å²) in [4.78, 5) is 8.19. The Morgan fingerprint density at radius 2 is 2.16 bits per heavy atom. The molecular formula is C13H14N6. The van der Waals surface area contributed by atoms with Crippen LogP contribution in [0.25, 0.3) is 10.8 Å². The smallest absolute Gasteiger partial charge is 0.137 e. The second-order valence-electron chi connectivity index (χ2n) is 4.23. The zero-order valence-electron chi connectivity index (χ0n) is 10.3. The van der Waals surface area contributed by atoms with Gasteiger partial charge in [0.25, 0.3) is 0 Å². The van der Waals surface area contributed by atoms with Crippen LogP contribution in [0.2, 0.25) is 0 Å². The molecule has 0 radical (unpaired) electrons. The van der Waals surface area contributed by atoms with Gasteiger partial charge in [-0.1, -0.05) is 0 Å². The number of benzene rings is 1. The average Bonchev–Trinajstić information content (AvgIpc) is 2.95. The Hall–Kier alpha value is -2.63. The number of pyridine rings is 1. The van der Waals surface area contributed by atoms with Crippen LogP contribution < -0.4 is 11.1 Å². The molecule has 4 N–H and O–H groups in total. The normalized spacial score (nSPS) is 10.7. The molecule has 3 rings (SSSR count). The Morgan fingerprint density at radius 1 is 1.21 bits per heavy atom. The van der Waals surface area contributed by atoms with Crippen molar-refractivity contribution >= 4 is 22.1 Å². The first kappa shape index (κ1) is 11.5. The van der Waals surface area contributed by atoms with Gasteiger partial charge in [0.2, 0.25) is 0 Å². The minimum absolute atomic E-state index is 0.740. The fourth-order valence-electron chi connectivity index (χ4n) is 2.03. The van der Waals surface area contributed by atoms with E-state index in [1.54, 1.807) is 12.4 Å². The molecule has 0 unspecified atom stereocenters. The predicted molar refractivity (Wildman–Crippen MR) is 74.7 cm³/mol. The topological polar surface area (TPSA) is 92.5 Å². The van der Waals surface area contributed by atoms with Crippen molar-refractivity contribution in [3.63, 3.8) is 0 Å². The fraction of sp³-hybridized carbons (Fsp3) is 0.154. The molecule has 0 bridgehead atoms. The van der Waals surface area contributed by atoms with Crippen LogP contribution in [0.15, 0.2) is 36.9 Å². The summed E-state index contributed by atoms with van der Waals surface area (Å²) in [5.74, 6) is 0.869. The Kier molecular flexibility index (Phi) is 2.97. The second kappa shape index (κ2) is 4.93. The number of nitrogens with one attached hydrogen (secondary N) is 2. The van der Waals surface area contributed by atoms with Crippen molar-refractivity contribution in [1.29, 1.82) is 0 Å². The molecule has 2 aromatic heterocycles. The van der Waals surface area contributed by atoms with Crippen molar-refractivity contribution in [1.82, 2.24) is 20.2 Å². The first-order valence-corrected chi connectivity index (χ1v) is 6.05. The summed E-state index contributed by atoms with van der Waals surface area (Å²) in [5.41, 5.74) is 7.73. The Balaban J connectivity index is 1.79. The van der Waals surface area contributed by atoms with E-state index in [-0.39, 0.29) is 0 Å². The van der Waals surface area contributed by atoms with E-state index < -0.39 is 0 Å². The Labute approximate surface area is 110 Å². The first-order chi connectivity index (χ1) is 9.34. The van der Waals surface area contributed by atoms with E-state index in [1.165, 1.54) is 6.33 Å². The van der Waals surface area contributed by atoms with E-state index in [2.05, 4.69) is 25.5 Å². The highest BCUT2D eigenvalue weighted by atomic mass is 15.2. The molecule has 0 atom stereocenters. The third-order valence-corrected chi connectivity index (χ3v) is 2.99. The van der Waals surface area contributed by atoms with Gasteiger partial charge in [-0.3, -0.25) is 10.1 Å². The quantitative estimate of drug-likeness (QED) is 0.615. The van der Waals surface area contributed by atoms with Crippen LogP contribution in [-0.4, -0.2) is 26.7 Å². The number of nitrogens with zero attached hydrogens (tertiary/aromatic N) is 3. The van der Waals surface area contributed by atoms with Gasteiger partial charge in [0.15, 0.2) is 0 Å². The number of anilines is 2. The molecule has 3 aromatic rings.